The Kier molecular flexibility index (Phi) is 8.75. The molecular formula is C14H22Cl3N4O7P. The van der Waals surface area contributed by atoms with Gasteiger partial charge in [-0.15, -0.1) is 0 Å². The summed E-state index contributed by atoms with van der Waals surface area (Å²) in [4.78, 5) is 15.5. The summed E-state index contributed by atoms with van der Waals surface area (Å²) in [5, 5.41) is 23.1. The average Bonchev–Trinajstić information content (AvgIpc) is 2.91. The zero-order valence-corrected chi connectivity index (χ0v) is 18.4. The summed E-state index contributed by atoms with van der Waals surface area (Å²) in [6, 6.07) is 1.33. The number of hydrogen-bond donors (Lipinski definition) is 4. The van der Waals surface area contributed by atoms with Crippen molar-refractivity contribution >= 4 is 48.4 Å². The summed E-state index contributed by atoms with van der Waals surface area (Å²) < 4.78 is 27.9. The first-order chi connectivity index (χ1) is 13.5. The number of aliphatic hydroxyl groups excluding tert-OH is 2. The van der Waals surface area contributed by atoms with E-state index in [1.807, 2.05) is 6.92 Å². The maximum atomic E-state index is 12.8. The third-order valence-corrected chi connectivity index (χ3v) is 5.72. The molecule has 5 N–H and O–H groups in total. The minimum absolute atomic E-state index is 0.00629. The lowest BCUT2D eigenvalue weighted by atomic mass is 10.1. The molecule has 1 fully saturated rings. The molecule has 0 bridgehead atoms. The number of nitrogens with two attached hydrogens (primary N) is 1. The van der Waals surface area contributed by atoms with Crippen LogP contribution in [0.3, 0.4) is 0 Å². The predicted molar refractivity (Wildman–Crippen MR) is 107 cm³/mol. The van der Waals surface area contributed by atoms with E-state index in [2.05, 4.69) is 10.1 Å². The second-order valence-corrected chi connectivity index (χ2v) is 10.5. The van der Waals surface area contributed by atoms with Crippen molar-refractivity contribution in [1.82, 2.24) is 14.6 Å². The number of aliphatic hydroxyl groups is 2. The molecule has 1 saturated heterocycles. The van der Waals surface area contributed by atoms with Gasteiger partial charge in [0.05, 0.1) is 6.61 Å². The number of rotatable bonds is 9. The minimum Gasteiger partial charge on any atom is -0.387 e. The molecule has 1 aromatic rings. The molecule has 0 spiro atoms. The number of nitrogen functional groups attached to an aromatic ring is 1. The molecule has 0 aromatic carbocycles. The highest BCUT2D eigenvalue weighted by Crippen LogP contribution is 2.46. The van der Waals surface area contributed by atoms with Gasteiger partial charge in [0.1, 0.15) is 30.7 Å². The van der Waals surface area contributed by atoms with Gasteiger partial charge in [0, 0.05) is 12.7 Å². The molecule has 0 saturated carbocycles. The number of nitrogens with one attached hydrogen (secondary N) is 1. The fourth-order valence-corrected chi connectivity index (χ4v) is 4.28. The van der Waals surface area contributed by atoms with Crippen LogP contribution in [0.25, 0.3) is 0 Å². The molecule has 2 rings (SSSR count). The Morgan fingerprint density at radius 1 is 1.38 bits per heavy atom. The molecule has 2 heterocycles. The van der Waals surface area contributed by atoms with Crippen LogP contribution in [0.1, 0.15) is 19.6 Å². The van der Waals surface area contributed by atoms with Crippen LogP contribution in [-0.2, 0) is 18.3 Å². The largest absolute Gasteiger partial charge is 0.405 e. The van der Waals surface area contributed by atoms with E-state index in [4.69, 9.17) is 54.3 Å². The lowest BCUT2D eigenvalue weighted by Gasteiger charge is -2.23. The maximum absolute atomic E-state index is 12.8. The Balaban J connectivity index is 2.07. The monoisotopic (exact) mass is 494 g/mol. The fraction of sp³-hybridized carbons (Fsp3) is 0.714. The smallest absolute Gasteiger partial charge is 0.387 e. The van der Waals surface area contributed by atoms with Crippen molar-refractivity contribution in [2.75, 3.05) is 25.5 Å². The van der Waals surface area contributed by atoms with Crippen molar-refractivity contribution in [3.63, 3.8) is 0 Å². The van der Waals surface area contributed by atoms with Gasteiger partial charge in [-0.2, -0.15) is 4.98 Å². The lowest BCUT2D eigenvalue weighted by molar-refractivity contribution is -0.0533. The molecule has 15 heteroatoms. The maximum Gasteiger partial charge on any atom is 0.405 e. The molecule has 5 atom stereocenters. The van der Waals surface area contributed by atoms with Gasteiger partial charge in [-0.1, -0.05) is 41.7 Å². The first-order valence-corrected chi connectivity index (χ1v) is 11.2. The SMILES string of the molecule is CCCNP(=O)(OCC1OC(n2ccc(N)nc2=O)C(O)C1O)OCC(Cl)(Cl)Cl. The van der Waals surface area contributed by atoms with Crippen molar-refractivity contribution in [2.24, 2.45) is 0 Å². The second-order valence-electron chi connectivity index (χ2n) is 6.18. The summed E-state index contributed by atoms with van der Waals surface area (Å²) in [6.45, 7) is 1.15. The van der Waals surface area contributed by atoms with Crippen LogP contribution in [0, 0.1) is 0 Å². The van der Waals surface area contributed by atoms with Crippen LogP contribution in [0.4, 0.5) is 5.82 Å². The van der Waals surface area contributed by atoms with Crippen LogP contribution >= 0.6 is 42.5 Å². The van der Waals surface area contributed by atoms with E-state index in [0.29, 0.717) is 6.42 Å². The Morgan fingerprint density at radius 3 is 2.66 bits per heavy atom. The quantitative estimate of drug-likeness (QED) is 0.287. The van der Waals surface area contributed by atoms with Gasteiger partial charge < -0.3 is 20.7 Å². The molecular weight excluding hydrogens is 474 g/mol. The Bertz CT molecular complexity index is 793. The average molecular weight is 496 g/mol. The molecule has 5 unspecified atom stereocenters. The van der Waals surface area contributed by atoms with Crippen LogP contribution in [0.15, 0.2) is 17.1 Å². The normalized spacial score (nSPS) is 27.1. The standard InChI is InChI=1S/C14H22Cl3N4O7P/c1-2-4-19-29(25,27-7-14(15,16)17)26-6-8-10(22)11(23)12(28-8)21-5-3-9(18)20-13(21)24/h3,5,8,10-12,22-23H,2,4,6-7H2,1H3,(H,19,25)(H2,18,20,24). The van der Waals surface area contributed by atoms with E-state index in [-0.39, 0.29) is 12.4 Å². The Hall–Kier alpha value is -0.460. The van der Waals surface area contributed by atoms with E-state index in [1.165, 1.54) is 12.3 Å². The van der Waals surface area contributed by atoms with Gasteiger partial charge >= 0.3 is 13.4 Å². The predicted octanol–water partition coefficient (Wildman–Crippen LogP) is 0.956. The number of alkyl halides is 3. The summed E-state index contributed by atoms with van der Waals surface area (Å²) >= 11 is 16.8. The van der Waals surface area contributed by atoms with Crippen molar-refractivity contribution in [3.05, 3.63) is 22.7 Å². The van der Waals surface area contributed by atoms with E-state index in [1.54, 1.807) is 0 Å². The molecule has 1 aromatic heterocycles. The molecule has 29 heavy (non-hydrogen) atoms. The van der Waals surface area contributed by atoms with Crippen molar-refractivity contribution in [2.45, 2.75) is 41.7 Å². The molecule has 1 aliphatic heterocycles. The number of ether oxygens (including phenoxy) is 1. The number of anilines is 1. The van der Waals surface area contributed by atoms with Crippen LogP contribution in [-0.4, -0.2) is 61.6 Å². The van der Waals surface area contributed by atoms with Gasteiger partial charge in [0.2, 0.25) is 3.79 Å². The Labute approximate surface area is 181 Å². The molecule has 0 amide bonds. The highest BCUT2D eigenvalue weighted by Gasteiger charge is 2.45. The molecule has 0 radical (unpaired) electrons. The van der Waals surface area contributed by atoms with Gasteiger partial charge in [0.15, 0.2) is 6.23 Å². The van der Waals surface area contributed by atoms with Crippen molar-refractivity contribution < 1.29 is 28.6 Å². The van der Waals surface area contributed by atoms with Crippen LogP contribution < -0.4 is 16.5 Å². The molecule has 1 aliphatic rings. The Morgan fingerprint density at radius 2 is 2.07 bits per heavy atom. The molecule has 0 aliphatic carbocycles. The van der Waals surface area contributed by atoms with Crippen LogP contribution in [0.2, 0.25) is 0 Å². The second kappa shape index (κ2) is 10.2. The minimum atomic E-state index is -3.91. The first kappa shape index (κ1) is 24.8. The fourth-order valence-electron chi connectivity index (χ4n) is 2.42. The summed E-state index contributed by atoms with van der Waals surface area (Å²) in [5.41, 5.74) is 4.66. The van der Waals surface area contributed by atoms with E-state index in [0.717, 1.165) is 4.57 Å². The number of aromatic nitrogens is 2. The summed E-state index contributed by atoms with van der Waals surface area (Å²) in [5.74, 6) is -0.00629. The van der Waals surface area contributed by atoms with E-state index < -0.39 is 55.0 Å². The lowest BCUT2D eigenvalue weighted by Crippen LogP contribution is -2.36. The van der Waals surface area contributed by atoms with Gasteiger partial charge in [-0.25, -0.2) is 14.4 Å². The third-order valence-electron chi connectivity index (χ3n) is 3.83. The number of nitrogens with zero attached hydrogens (tertiary/aromatic N) is 2. The van der Waals surface area contributed by atoms with E-state index >= 15 is 0 Å². The first-order valence-electron chi connectivity index (χ1n) is 8.53. The van der Waals surface area contributed by atoms with Gasteiger partial charge in [-0.05, 0) is 12.5 Å². The zero-order valence-electron chi connectivity index (χ0n) is 15.3. The summed E-state index contributed by atoms with van der Waals surface area (Å²) in [7, 11) is -3.91. The van der Waals surface area contributed by atoms with Crippen LogP contribution in [0.5, 0.6) is 0 Å². The summed E-state index contributed by atoms with van der Waals surface area (Å²) in [6.07, 6.45) is -3.42. The highest BCUT2D eigenvalue weighted by molar-refractivity contribution is 7.51. The third kappa shape index (κ3) is 7.03. The zero-order chi connectivity index (χ0) is 21.8. The van der Waals surface area contributed by atoms with Gasteiger partial charge in [-0.3, -0.25) is 13.6 Å². The topological polar surface area (TPSA) is 158 Å². The molecule has 166 valence electrons. The highest BCUT2D eigenvalue weighted by atomic mass is 35.6. The number of hydrogen-bond acceptors (Lipinski definition) is 9. The van der Waals surface area contributed by atoms with E-state index in [9.17, 15) is 19.6 Å². The van der Waals surface area contributed by atoms with Crippen molar-refractivity contribution in [1.29, 1.82) is 0 Å². The van der Waals surface area contributed by atoms with Crippen molar-refractivity contribution in [3.8, 4) is 0 Å². The van der Waals surface area contributed by atoms with Gasteiger partial charge in [0.25, 0.3) is 0 Å². The molecule has 11 nitrogen and oxygen atoms in total. The number of halogens is 3.